The summed E-state index contributed by atoms with van der Waals surface area (Å²) in [5, 5.41) is 12.2. The third kappa shape index (κ3) is 3.38. The second-order valence-electron chi connectivity index (χ2n) is 4.50. The Morgan fingerprint density at radius 3 is 2.96 bits per heavy atom. The van der Waals surface area contributed by atoms with Gasteiger partial charge in [0.2, 0.25) is 0 Å². The molecule has 23 heavy (non-hydrogen) atoms. The van der Waals surface area contributed by atoms with E-state index in [0.717, 1.165) is 9.86 Å². The van der Waals surface area contributed by atoms with E-state index < -0.39 is 5.97 Å². The first kappa shape index (κ1) is 15.6. The molecule has 118 valence electrons. The maximum absolute atomic E-state index is 12.1. The number of imidazole rings is 1. The van der Waals surface area contributed by atoms with Gasteiger partial charge >= 0.3 is 5.97 Å². The molecule has 0 saturated carbocycles. The van der Waals surface area contributed by atoms with Crippen molar-refractivity contribution in [3.8, 4) is 0 Å². The summed E-state index contributed by atoms with van der Waals surface area (Å²) in [5.41, 5.74) is 1.53. The number of nitrogens with one attached hydrogen (secondary N) is 1. The molecule has 0 aliphatic heterocycles. The van der Waals surface area contributed by atoms with Gasteiger partial charge in [0, 0.05) is 11.6 Å². The summed E-state index contributed by atoms with van der Waals surface area (Å²) in [6, 6.07) is 7.39. The molecule has 0 atom stereocenters. The molecule has 0 aliphatic carbocycles. The number of esters is 1. The monoisotopic (exact) mass is 347 g/mol. The van der Waals surface area contributed by atoms with Gasteiger partial charge in [0.1, 0.15) is 21.5 Å². The van der Waals surface area contributed by atoms with E-state index in [2.05, 4.69) is 15.0 Å². The van der Waals surface area contributed by atoms with Crippen LogP contribution in [-0.4, -0.2) is 38.9 Å². The van der Waals surface area contributed by atoms with Gasteiger partial charge in [-0.25, -0.2) is 14.8 Å². The fourth-order valence-corrected chi connectivity index (χ4v) is 3.52. The van der Waals surface area contributed by atoms with E-state index in [1.807, 2.05) is 29.6 Å². The molecular formula is C15H13N3O3S2. The second kappa shape index (κ2) is 6.84. The van der Waals surface area contributed by atoms with Crippen LogP contribution in [0.2, 0.25) is 0 Å². The normalized spacial score (nSPS) is 12.2. The zero-order valence-corrected chi connectivity index (χ0v) is 13.8. The quantitative estimate of drug-likeness (QED) is 0.319. The highest BCUT2D eigenvalue weighted by molar-refractivity contribution is 8.01. The van der Waals surface area contributed by atoms with Crippen LogP contribution in [0.15, 0.2) is 45.9 Å². The molecule has 1 aromatic carbocycles. The van der Waals surface area contributed by atoms with E-state index in [1.165, 1.54) is 30.2 Å². The first-order valence-electron chi connectivity index (χ1n) is 6.67. The van der Waals surface area contributed by atoms with Crippen LogP contribution >= 0.6 is 23.1 Å². The second-order valence-corrected chi connectivity index (χ2v) is 6.62. The lowest BCUT2D eigenvalue weighted by Gasteiger charge is -2.06. The molecule has 2 N–H and O–H groups in total. The molecule has 2 heterocycles. The maximum Gasteiger partial charge on any atom is 0.345 e. The molecule has 3 rings (SSSR count). The Bertz CT molecular complexity index is 823. The van der Waals surface area contributed by atoms with Gasteiger partial charge in [0.15, 0.2) is 0 Å². The number of rotatable bonds is 5. The Morgan fingerprint density at radius 2 is 2.26 bits per heavy atom. The number of H-pyrrole nitrogens is 1. The van der Waals surface area contributed by atoms with Crippen LogP contribution in [0.4, 0.5) is 0 Å². The number of thiazole rings is 1. The van der Waals surface area contributed by atoms with Crippen LogP contribution < -0.4 is 0 Å². The third-order valence-corrected chi connectivity index (χ3v) is 5.02. The summed E-state index contributed by atoms with van der Waals surface area (Å²) < 4.78 is 5.59. The predicted octanol–water partition coefficient (Wildman–Crippen LogP) is 3.25. The number of nitrogens with zero attached hydrogens (tertiary/aromatic N) is 2. The highest BCUT2D eigenvalue weighted by atomic mass is 32.2. The molecule has 6 nitrogen and oxygen atoms in total. The van der Waals surface area contributed by atoms with Crippen LogP contribution in [0.3, 0.4) is 0 Å². The van der Waals surface area contributed by atoms with Crippen molar-refractivity contribution in [1.29, 1.82) is 0 Å². The van der Waals surface area contributed by atoms with E-state index in [-0.39, 0.29) is 22.9 Å². The van der Waals surface area contributed by atoms with Gasteiger partial charge in [-0.3, -0.25) is 0 Å². The predicted molar refractivity (Wildman–Crippen MR) is 90.5 cm³/mol. The number of hydrogen-bond donors (Lipinski definition) is 2. The number of carbonyl (C=O) groups is 1. The van der Waals surface area contributed by atoms with Crippen molar-refractivity contribution in [2.24, 2.45) is 0 Å². The minimum atomic E-state index is -0.638. The summed E-state index contributed by atoms with van der Waals surface area (Å²) in [4.78, 5) is 23.6. The average Bonchev–Trinajstić information content (AvgIpc) is 3.22. The van der Waals surface area contributed by atoms with E-state index >= 15 is 0 Å². The summed E-state index contributed by atoms with van der Waals surface area (Å²) in [6.45, 7) is 0. The number of fused-ring (bicyclic) bond motifs is 1. The molecular weight excluding hydrogens is 334 g/mol. The summed E-state index contributed by atoms with van der Waals surface area (Å²) >= 11 is 2.81. The third-order valence-electron chi connectivity index (χ3n) is 3.05. The largest absolute Gasteiger partial charge is 0.510 e. The van der Waals surface area contributed by atoms with Crippen LogP contribution in [0.1, 0.15) is 5.82 Å². The lowest BCUT2D eigenvalue weighted by atomic mass is 10.2. The van der Waals surface area contributed by atoms with Crippen molar-refractivity contribution in [2.75, 3.05) is 12.9 Å². The van der Waals surface area contributed by atoms with Crippen molar-refractivity contribution in [3.05, 3.63) is 47.4 Å². The Morgan fingerprint density at radius 1 is 1.43 bits per heavy atom. The van der Waals surface area contributed by atoms with Crippen molar-refractivity contribution in [1.82, 2.24) is 15.0 Å². The van der Waals surface area contributed by atoms with Gasteiger partial charge in [-0.1, -0.05) is 23.9 Å². The van der Waals surface area contributed by atoms with E-state index in [4.69, 9.17) is 4.74 Å². The molecule has 0 unspecified atom stereocenters. The van der Waals surface area contributed by atoms with Gasteiger partial charge in [-0.2, -0.15) is 0 Å². The van der Waals surface area contributed by atoms with Gasteiger partial charge in [0.25, 0.3) is 0 Å². The molecule has 0 spiro atoms. The SMILES string of the molecule is COC(=O)/C(=C(\O)CSc1nccs1)c1nc2ccccc2[nH]1. The van der Waals surface area contributed by atoms with Crippen LogP contribution in [0, 0.1) is 0 Å². The number of ether oxygens (including phenoxy) is 1. The maximum atomic E-state index is 12.1. The number of benzene rings is 1. The first-order valence-corrected chi connectivity index (χ1v) is 8.53. The first-order chi connectivity index (χ1) is 11.2. The van der Waals surface area contributed by atoms with Crippen molar-refractivity contribution >= 4 is 45.7 Å². The molecule has 0 fully saturated rings. The van der Waals surface area contributed by atoms with Gasteiger partial charge < -0.3 is 14.8 Å². The minimum absolute atomic E-state index is 0.0350. The topological polar surface area (TPSA) is 88.1 Å². The van der Waals surface area contributed by atoms with Gasteiger partial charge in [0.05, 0.1) is 23.9 Å². The Labute approximate surface area is 140 Å². The standard InChI is InChI=1S/C15H13N3O3S2/c1-21-14(20)12(11(19)8-23-15-16-6-7-22-15)13-17-9-4-2-3-5-10(9)18-13/h2-7,19H,8H2,1H3,(H,17,18)/b12-11-. The van der Waals surface area contributed by atoms with Crippen molar-refractivity contribution < 1.29 is 14.6 Å². The smallest absolute Gasteiger partial charge is 0.345 e. The highest BCUT2D eigenvalue weighted by Crippen LogP contribution is 2.26. The van der Waals surface area contributed by atoms with Crippen molar-refractivity contribution in [3.63, 3.8) is 0 Å². The zero-order valence-electron chi connectivity index (χ0n) is 12.1. The van der Waals surface area contributed by atoms with E-state index in [9.17, 15) is 9.90 Å². The number of methoxy groups -OCH3 is 1. The molecule has 0 radical (unpaired) electrons. The minimum Gasteiger partial charge on any atom is -0.510 e. The van der Waals surface area contributed by atoms with Gasteiger partial charge in [-0.05, 0) is 12.1 Å². The molecule has 0 amide bonds. The Hall–Kier alpha value is -2.32. The highest BCUT2D eigenvalue weighted by Gasteiger charge is 2.22. The molecule has 8 heteroatoms. The fraction of sp³-hybridized carbons (Fsp3) is 0.133. The number of carbonyl (C=O) groups excluding carboxylic acids is 1. The lowest BCUT2D eigenvalue weighted by Crippen LogP contribution is -2.09. The summed E-state index contributed by atoms with van der Waals surface area (Å²) in [5.74, 6) is -0.248. The fourth-order valence-electron chi connectivity index (χ4n) is 2.01. The number of aliphatic hydroxyl groups is 1. The molecule has 0 saturated heterocycles. The lowest BCUT2D eigenvalue weighted by molar-refractivity contribution is -0.133. The van der Waals surface area contributed by atoms with Crippen LogP contribution in [0.25, 0.3) is 16.6 Å². The Kier molecular flexibility index (Phi) is 4.63. The zero-order chi connectivity index (χ0) is 16.2. The number of para-hydroxylation sites is 2. The van der Waals surface area contributed by atoms with Crippen LogP contribution in [0.5, 0.6) is 0 Å². The van der Waals surface area contributed by atoms with E-state index in [1.54, 1.807) is 6.20 Å². The number of aromatic nitrogens is 3. The summed E-state index contributed by atoms with van der Waals surface area (Å²) in [7, 11) is 1.27. The van der Waals surface area contributed by atoms with E-state index in [0.29, 0.717) is 5.52 Å². The molecule has 3 aromatic rings. The number of aliphatic hydroxyl groups excluding tert-OH is 1. The Balaban J connectivity index is 1.95. The number of thioether (sulfide) groups is 1. The molecule has 0 aliphatic rings. The number of hydrogen-bond acceptors (Lipinski definition) is 7. The van der Waals surface area contributed by atoms with Crippen LogP contribution in [-0.2, 0) is 9.53 Å². The van der Waals surface area contributed by atoms with Gasteiger partial charge in [-0.15, -0.1) is 11.3 Å². The molecule has 0 bridgehead atoms. The molecule has 2 aromatic heterocycles. The number of aromatic amines is 1. The van der Waals surface area contributed by atoms with Crippen molar-refractivity contribution in [2.45, 2.75) is 4.34 Å². The summed E-state index contributed by atoms with van der Waals surface area (Å²) in [6.07, 6.45) is 1.69. The average molecular weight is 347 g/mol.